The molecule has 7 nitrogen and oxygen atoms in total. The number of carbonyl (C=O) groups excluding carboxylic acids is 2. The third-order valence-electron chi connectivity index (χ3n) is 5.08. The molecule has 0 bridgehead atoms. The molecule has 4 rings (SSSR count). The highest BCUT2D eigenvalue weighted by Crippen LogP contribution is 2.25. The number of aromatic nitrogens is 3. The molecular weight excluding hydrogens is 306 g/mol. The van der Waals surface area contributed by atoms with Gasteiger partial charge in [-0.15, -0.1) is 0 Å². The minimum absolute atomic E-state index is 0.0177. The molecule has 24 heavy (non-hydrogen) atoms. The van der Waals surface area contributed by atoms with Crippen LogP contribution >= 0.6 is 0 Å². The van der Waals surface area contributed by atoms with E-state index in [1.807, 2.05) is 34.0 Å². The fraction of sp³-hybridized carbons (Fsp3) is 0.529. The second kappa shape index (κ2) is 5.89. The zero-order valence-corrected chi connectivity index (χ0v) is 13.8. The van der Waals surface area contributed by atoms with Gasteiger partial charge in [0.25, 0.3) is 0 Å². The lowest BCUT2D eigenvalue weighted by Crippen LogP contribution is -2.56. The van der Waals surface area contributed by atoms with Crippen LogP contribution < -0.4 is 0 Å². The summed E-state index contributed by atoms with van der Waals surface area (Å²) in [5, 5.41) is 9.11. The van der Waals surface area contributed by atoms with Crippen molar-refractivity contribution in [1.82, 2.24) is 24.8 Å². The molecule has 2 saturated heterocycles. The molecule has 1 aromatic heterocycles. The highest BCUT2D eigenvalue weighted by Gasteiger charge is 2.37. The summed E-state index contributed by atoms with van der Waals surface area (Å²) in [4.78, 5) is 29.2. The lowest BCUT2D eigenvalue weighted by atomic mass is 9.96. The topological polar surface area (TPSA) is 71.3 Å². The minimum atomic E-state index is -0.0177. The molecule has 0 spiro atoms. The van der Waals surface area contributed by atoms with Crippen molar-refractivity contribution in [3.8, 4) is 0 Å². The first-order valence-electron chi connectivity index (χ1n) is 8.47. The number of nitrogens with zero attached hydrogens (tertiary/aromatic N) is 5. The molecule has 2 aliphatic rings. The summed E-state index contributed by atoms with van der Waals surface area (Å²) in [5.41, 5.74) is 1.82. The Kier molecular flexibility index (Phi) is 3.70. The van der Waals surface area contributed by atoms with Crippen LogP contribution in [0.5, 0.6) is 0 Å². The van der Waals surface area contributed by atoms with Crippen LogP contribution in [0.4, 0.5) is 0 Å². The highest BCUT2D eigenvalue weighted by atomic mass is 16.2. The molecule has 0 unspecified atom stereocenters. The first kappa shape index (κ1) is 15.1. The van der Waals surface area contributed by atoms with Crippen LogP contribution in [0.1, 0.15) is 25.8 Å². The van der Waals surface area contributed by atoms with E-state index in [0.29, 0.717) is 13.1 Å². The summed E-state index contributed by atoms with van der Waals surface area (Å²) in [6.07, 6.45) is 1.74. The molecule has 2 aliphatic heterocycles. The summed E-state index contributed by atoms with van der Waals surface area (Å²) in [5.74, 6) is 0.218. The van der Waals surface area contributed by atoms with Gasteiger partial charge < -0.3 is 9.80 Å². The molecule has 2 aromatic rings. The van der Waals surface area contributed by atoms with Crippen LogP contribution in [0.3, 0.4) is 0 Å². The van der Waals surface area contributed by atoms with Crippen molar-refractivity contribution < 1.29 is 9.59 Å². The van der Waals surface area contributed by atoms with Gasteiger partial charge in [0.05, 0.1) is 12.0 Å². The van der Waals surface area contributed by atoms with Gasteiger partial charge in [0.1, 0.15) is 11.0 Å². The van der Waals surface area contributed by atoms with Gasteiger partial charge in [-0.05, 0) is 25.0 Å². The smallest absolute Gasteiger partial charge is 0.229 e. The molecule has 0 saturated carbocycles. The molecule has 2 fully saturated rings. The van der Waals surface area contributed by atoms with Crippen LogP contribution in [0, 0.1) is 5.92 Å². The summed E-state index contributed by atoms with van der Waals surface area (Å²) in [6, 6.07) is 8.11. The Balaban J connectivity index is 1.35. The zero-order valence-electron chi connectivity index (χ0n) is 13.8. The van der Waals surface area contributed by atoms with E-state index in [2.05, 4.69) is 10.2 Å². The number of amides is 2. The lowest BCUT2D eigenvalue weighted by molar-refractivity contribution is -0.148. The van der Waals surface area contributed by atoms with Crippen molar-refractivity contribution in [2.24, 2.45) is 5.92 Å². The number of piperidine rings is 1. The summed E-state index contributed by atoms with van der Waals surface area (Å²) in [6.45, 7) is 4.16. The molecule has 1 aromatic carbocycles. The van der Waals surface area contributed by atoms with Crippen molar-refractivity contribution in [1.29, 1.82) is 0 Å². The molecule has 0 atom stereocenters. The van der Waals surface area contributed by atoms with Gasteiger partial charge in [-0.2, -0.15) is 15.0 Å². The van der Waals surface area contributed by atoms with Gasteiger partial charge >= 0.3 is 0 Å². The largest absolute Gasteiger partial charge is 0.342 e. The van der Waals surface area contributed by atoms with Gasteiger partial charge in [-0.25, -0.2) is 0 Å². The number of hydrogen-bond acceptors (Lipinski definition) is 4. The van der Waals surface area contributed by atoms with Crippen LogP contribution in [0.25, 0.3) is 11.0 Å². The Bertz CT molecular complexity index is 739. The van der Waals surface area contributed by atoms with E-state index < -0.39 is 0 Å². The van der Waals surface area contributed by atoms with Crippen LogP contribution in [0.2, 0.25) is 0 Å². The molecule has 3 heterocycles. The third-order valence-corrected chi connectivity index (χ3v) is 5.08. The summed E-state index contributed by atoms with van der Waals surface area (Å²) in [7, 11) is 0. The number of benzene rings is 1. The number of rotatable bonds is 2. The van der Waals surface area contributed by atoms with Gasteiger partial charge in [0.2, 0.25) is 11.8 Å². The van der Waals surface area contributed by atoms with E-state index in [1.165, 1.54) is 0 Å². The van der Waals surface area contributed by atoms with E-state index in [0.717, 1.165) is 37.0 Å². The second-order valence-corrected chi connectivity index (χ2v) is 6.69. The Morgan fingerprint density at radius 2 is 1.58 bits per heavy atom. The van der Waals surface area contributed by atoms with Crippen molar-refractivity contribution >= 4 is 22.8 Å². The number of hydrogen-bond donors (Lipinski definition) is 0. The summed E-state index contributed by atoms with van der Waals surface area (Å²) >= 11 is 0. The number of likely N-dealkylation sites (tertiary alicyclic amines) is 2. The molecule has 0 N–H and O–H groups in total. The Morgan fingerprint density at radius 3 is 2.12 bits per heavy atom. The van der Waals surface area contributed by atoms with Crippen LogP contribution in [-0.2, 0) is 9.59 Å². The standard InChI is InChI=1S/C17H21N5O2/c1-12(23)21-10-13(11-21)17(24)20-8-6-14(7-9-20)22-18-15-4-2-3-5-16(15)19-22/h2-5,13-14H,6-11H2,1H3. The molecule has 0 radical (unpaired) electrons. The SMILES string of the molecule is CC(=O)N1CC(C(=O)N2CCC(n3nc4ccccc4n3)CC2)C1. The highest BCUT2D eigenvalue weighted by molar-refractivity contribution is 5.83. The van der Waals surface area contributed by atoms with Crippen LogP contribution in [-0.4, -0.2) is 62.8 Å². The molecule has 7 heteroatoms. The average molecular weight is 327 g/mol. The Hall–Kier alpha value is -2.44. The normalized spacial score (nSPS) is 19.5. The maximum Gasteiger partial charge on any atom is 0.229 e. The quantitative estimate of drug-likeness (QED) is 0.827. The minimum Gasteiger partial charge on any atom is -0.342 e. The Morgan fingerprint density at radius 1 is 1.00 bits per heavy atom. The maximum atomic E-state index is 12.5. The van der Waals surface area contributed by atoms with E-state index in [4.69, 9.17) is 0 Å². The fourth-order valence-electron chi connectivity index (χ4n) is 3.51. The molecule has 126 valence electrons. The number of fused-ring (bicyclic) bond motifs is 1. The van der Waals surface area contributed by atoms with Crippen molar-refractivity contribution in [2.75, 3.05) is 26.2 Å². The first-order chi connectivity index (χ1) is 11.6. The molecular formula is C17H21N5O2. The second-order valence-electron chi connectivity index (χ2n) is 6.69. The van der Waals surface area contributed by atoms with Crippen molar-refractivity contribution in [3.05, 3.63) is 24.3 Å². The van der Waals surface area contributed by atoms with Gasteiger partial charge in [0, 0.05) is 33.1 Å². The number of carbonyl (C=O) groups is 2. The van der Waals surface area contributed by atoms with Crippen molar-refractivity contribution in [2.45, 2.75) is 25.8 Å². The fourth-order valence-corrected chi connectivity index (χ4v) is 3.51. The molecule has 2 amide bonds. The van der Waals surface area contributed by atoms with E-state index in [9.17, 15) is 9.59 Å². The predicted molar refractivity (Wildman–Crippen MR) is 88.1 cm³/mol. The lowest BCUT2D eigenvalue weighted by Gasteiger charge is -2.41. The Labute approximate surface area is 140 Å². The van der Waals surface area contributed by atoms with E-state index in [1.54, 1.807) is 11.8 Å². The first-order valence-corrected chi connectivity index (χ1v) is 8.47. The van der Waals surface area contributed by atoms with E-state index in [-0.39, 0.29) is 23.8 Å². The van der Waals surface area contributed by atoms with Crippen molar-refractivity contribution in [3.63, 3.8) is 0 Å². The van der Waals surface area contributed by atoms with Crippen LogP contribution in [0.15, 0.2) is 24.3 Å². The molecule has 0 aliphatic carbocycles. The zero-order chi connectivity index (χ0) is 16.7. The van der Waals surface area contributed by atoms with E-state index >= 15 is 0 Å². The summed E-state index contributed by atoms with van der Waals surface area (Å²) < 4.78 is 0. The van der Waals surface area contributed by atoms with Gasteiger partial charge in [-0.1, -0.05) is 12.1 Å². The monoisotopic (exact) mass is 327 g/mol. The van der Waals surface area contributed by atoms with Gasteiger partial charge in [-0.3, -0.25) is 9.59 Å². The maximum absolute atomic E-state index is 12.5. The third kappa shape index (κ3) is 2.64. The van der Waals surface area contributed by atoms with Gasteiger partial charge in [0.15, 0.2) is 0 Å². The average Bonchev–Trinajstić information content (AvgIpc) is 2.97. The predicted octanol–water partition coefficient (Wildman–Crippen LogP) is 1.07.